The van der Waals surface area contributed by atoms with Gasteiger partial charge in [-0.25, -0.2) is 0 Å². The molecule has 1 saturated carbocycles. The van der Waals surface area contributed by atoms with Crippen LogP contribution < -0.4 is 0 Å². The second kappa shape index (κ2) is 8.87. The molecule has 0 bridgehead atoms. The van der Waals surface area contributed by atoms with E-state index < -0.39 is 51.9 Å². The van der Waals surface area contributed by atoms with Crippen LogP contribution in [0.25, 0.3) is 0 Å². The summed E-state index contributed by atoms with van der Waals surface area (Å²) in [5, 5.41) is 44.1. The molecule has 1 aromatic rings. The maximum Gasteiger partial charge on any atom is 0.209 e. The van der Waals surface area contributed by atoms with E-state index in [1.54, 1.807) is 0 Å². The first-order chi connectivity index (χ1) is 17.1. The Morgan fingerprint density at radius 2 is 1.78 bits per heavy atom. The van der Waals surface area contributed by atoms with Crippen LogP contribution in [0.2, 0.25) is 0 Å². The van der Waals surface area contributed by atoms with Gasteiger partial charge < -0.3 is 20.4 Å². The van der Waals surface area contributed by atoms with E-state index in [-0.39, 0.29) is 29.7 Å². The zero-order chi connectivity index (χ0) is 25.9. The highest BCUT2D eigenvalue weighted by atomic mass is 16.3. The Bertz CT molecular complexity index is 1230. The first-order valence-corrected chi connectivity index (χ1v) is 13.1. The van der Waals surface area contributed by atoms with Gasteiger partial charge in [0.2, 0.25) is 5.78 Å². The van der Waals surface area contributed by atoms with E-state index in [1.165, 1.54) is 32.1 Å². The molecule has 0 amide bonds. The maximum absolute atomic E-state index is 13.8. The fourth-order valence-electron chi connectivity index (χ4n) is 7.08. The zero-order valence-corrected chi connectivity index (χ0v) is 20.9. The van der Waals surface area contributed by atoms with Gasteiger partial charge in [-0.2, -0.15) is 0 Å². The molecule has 4 N–H and O–H groups in total. The first-order valence-electron chi connectivity index (χ1n) is 13.1. The third kappa shape index (κ3) is 3.62. The van der Waals surface area contributed by atoms with Crippen molar-refractivity contribution in [3.8, 4) is 5.75 Å². The fraction of sp³-hybridized carbons (Fsp3) is 0.552. The number of aromatic hydroxyl groups is 1. The molecular formula is C29H34O7. The molecule has 4 aliphatic rings. The number of fused-ring (bicyclic) bond motifs is 3. The number of phenolic OH excluding ortho intramolecular Hbond substituents is 1. The summed E-state index contributed by atoms with van der Waals surface area (Å²) in [4.78, 5) is 38.9. The molecule has 0 heterocycles. The summed E-state index contributed by atoms with van der Waals surface area (Å²) in [5.41, 5.74) is -0.592. The van der Waals surface area contributed by atoms with E-state index in [4.69, 9.17) is 0 Å². The minimum Gasteiger partial charge on any atom is -0.511 e. The summed E-state index contributed by atoms with van der Waals surface area (Å²) < 4.78 is 0. The summed E-state index contributed by atoms with van der Waals surface area (Å²) in [5.74, 6) is -4.31. The van der Waals surface area contributed by atoms with E-state index in [1.807, 2.05) is 13.0 Å². The average Bonchev–Trinajstić information content (AvgIpc) is 2.83. The number of ketones is 3. The fourth-order valence-corrected chi connectivity index (χ4v) is 7.08. The van der Waals surface area contributed by atoms with Crippen molar-refractivity contribution >= 4 is 17.3 Å². The third-order valence-electron chi connectivity index (χ3n) is 9.02. The lowest BCUT2D eigenvalue weighted by Crippen LogP contribution is -2.56. The Morgan fingerprint density at radius 3 is 2.44 bits per heavy atom. The van der Waals surface area contributed by atoms with Crippen molar-refractivity contribution in [3.63, 3.8) is 0 Å². The van der Waals surface area contributed by atoms with Gasteiger partial charge in [-0.3, -0.25) is 14.4 Å². The van der Waals surface area contributed by atoms with E-state index in [9.17, 15) is 34.8 Å². The molecule has 0 aromatic heterocycles. The molecule has 0 aliphatic heterocycles. The predicted octanol–water partition coefficient (Wildman–Crippen LogP) is 4.51. The lowest BCUT2D eigenvalue weighted by Gasteiger charge is -2.45. The Morgan fingerprint density at radius 1 is 1.08 bits per heavy atom. The molecular weight excluding hydrogens is 460 g/mol. The lowest BCUT2D eigenvalue weighted by molar-refractivity contribution is -0.144. The number of aryl methyl sites for hydroxylation is 2. The lowest BCUT2D eigenvalue weighted by atomic mass is 9.60. The van der Waals surface area contributed by atoms with Crippen LogP contribution in [0.15, 0.2) is 28.7 Å². The van der Waals surface area contributed by atoms with E-state index in [0.29, 0.717) is 24.3 Å². The molecule has 5 rings (SSSR count). The maximum atomic E-state index is 13.8. The van der Waals surface area contributed by atoms with Crippen molar-refractivity contribution < 1.29 is 34.8 Å². The van der Waals surface area contributed by atoms with Gasteiger partial charge in [-0.1, -0.05) is 38.2 Å². The highest BCUT2D eigenvalue weighted by Gasteiger charge is 2.59. The standard InChI is InChI=1S/C29H34O7/c1-14-10-17(9-8-16-6-4-3-5-7-16)25(32)24-20(14)12-18-11-19-13-21(31)22(15(2)30)27(34)29(19,36)28(35)23(18)26(24)33/h10,16,18-19,31-32,35-36H,3-9,11-13H2,1-2H3. The summed E-state index contributed by atoms with van der Waals surface area (Å²) in [6.07, 6.45) is 8.11. The van der Waals surface area contributed by atoms with E-state index >= 15 is 0 Å². The second-order valence-electron chi connectivity index (χ2n) is 11.2. The van der Waals surface area contributed by atoms with Gasteiger partial charge >= 0.3 is 0 Å². The Balaban J connectivity index is 1.54. The number of benzene rings is 1. The molecule has 7 heteroatoms. The molecule has 0 saturated heterocycles. The van der Waals surface area contributed by atoms with Gasteiger partial charge in [0, 0.05) is 17.9 Å². The average molecular weight is 495 g/mol. The highest BCUT2D eigenvalue weighted by Crippen LogP contribution is 2.52. The van der Waals surface area contributed by atoms with Crippen molar-refractivity contribution in [2.75, 3.05) is 0 Å². The first kappa shape index (κ1) is 24.8. The SMILES string of the molecule is CC(=O)C1=C(O)CC2CC3Cc4c(C)cc(CCC5CCCCC5)c(O)c4C(=O)C3=C(O)C2(O)C1=O. The number of hydrogen-bond acceptors (Lipinski definition) is 7. The van der Waals surface area contributed by atoms with Crippen LogP contribution in [-0.4, -0.2) is 43.4 Å². The van der Waals surface area contributed by atoms with Crippen LogP contribution in [0.5, 0.6) is 5.75 Å². The number of carbonyl (C=O) groups excluding carboxylic acids is 3. The number of aliphatic hydroxyl groups is 3. The molecule has 0 spiro atoms. The Labute approximate surface area is 210 Å². The topological polar surface area (TPSA) is 132 Å². The van der Waals surface area contributed by atoms with E-state index in [0.717, 1.165) is 24.5 Å². The van der Waals surface area contributed by atoms with Gasteiger partial charge in [0.25, 0.3) is 0 Å². The van der Waals surface area contributed by atoms with Crippen LogP contribution in [0, 0.1) is 24.7 Å². The number of phenols is 1. The van der Waals surface area contributed by atoms with Crippen molar-refractivity contribution in [2.45, 2.75) is 83.7 Å². The molecule has 4 aliphatic carbocycles. The van der Waals surface area contributed by atoms with Crippen LogP contribution in [0.1, 0.15) is 85.3 Å². The van der Waals surface area contributed by atoms with Crippen molar-refractivity contribution in [2.24, 2.45) is 17.8 Å². The molecule has 1 fully saturated rings. The van der Waals surface area contributed by atoms with Crippen LogP contribution >= 0.6 is 0 Å². The van der Waals surface area contributed by atoms with Gasteiger partial charge in [0.05, 0.1) is 5.56 Å². The smallest absolute Gasteiger partial charge is 0.209 e. The second-order valence-corrected chi connectivity index (χ2v) is 11.2. The molecule has 0 radical (unpaired) electrons. The Kier molecular flexibility index (Phi) is 6.10. The van der Waals surface area contributed by atoms with Crippen molar-refractivity contribution in [3.05, 3.63) is 51.0 Å². The normalized spacial score (nSPS) is 28.6. The predicted molar refractivity (Wildman–Crippen MR) is 132 cm³/mol. The number of allylic oxidation sites excluding steroid dienone is 2. The highest BCUT2D eigenvalue weighted by molar-refractivity contribution is 6.25. The van der Waals surface area contributed by atoms with Gasteiger partial charge in [-0.05, 0) is 68.1 Å². The van der Waals surface area contributed by atoms with Gasteiger partial charge in [-0.15, -0.1) is 0 Å². The van der Waals surface area contributed by atoms with Gasteiger partial charge in [0.15, 0.2) is 17.2 Å². The number of aliphatic hydroxyl groups excluding tert-OH is 2. The summed E-state index contributed by atoms with van der Waals surface area (Å²) in [6.45, 7) is 3.03. The summed E-state index contributed by atoms with van der Waals surface area (Å²) in [7, 11) is 0. The minimum atomic E-state index is -2.45. The number of rotatable bonds is 4. The molecule has 3 atom stereocenters. The quantitative estimate of drug-likeness (QED) is 0.453. The number of carbonyl (C=O) groups is 3. The number of Topliss-reactive ketones (excluding diaryl/α,β-unsaturated/α-hetero) is 3. The van der Waals surface area contributed by atoms with Crippen molar-refractivity contribution in [1.82, 2.24) is 0 Å². The zero-order valence-electron chi connectivity index (χ0n) is 20.9. The largest absolute Gasteiger partial charge is 0.511 e. The monoisotopic (exact) mass is 494 g/mol. The molecule has 7 nitrogen and oxygen atoms in total. The van der Waals surface area contributed by atoms with Crippen LogP contribution in [-0.2, 0) is 22.4 Å². The molecule has 1 aromatic carbocycles. The molecule has 192 valence electrons. The molecule has 36 heavy (non-hydrogen) atoms. The molecule has 3 unspecified atom stereocenters. The van der Waals surface area contributed by atoms with Gasteiger partial charge in [0.1, 0.15) is 22.8 Å². The van der Waals surface area contributed by atoms with Crippen LogP contribution in [0.3, 0.4) is 0 Å². The summed E-state index contributed by atoms with van der Waals surface area (Å²) in [6, 6.07) is 1.95. The number of hydrogen-bond donors (Lipinski definition) is 4. The van der Waals surface area contributed by atoms with Crippen molar-refractivity contribution in [1.29, 1.82) is 0 Å². The Hall–Kier alpha value is -2.93. The van der Waals surface area contributed by atoms with Crippen LogP contribution in [0.4, 0.5) is 0 Å². The third-order valence-corrected chi connectivity index (χ3v) is 9.02. The van der Waals surface area contributed by atoms with E-state index in [2.05, 4.69) is 0 Å². The summed E-state index contributed by atoms with van der Waals surface area (Å²) >= 11 is 0. The minimum absolute atomic E-state index is 0.0713.